The van der Waals surface area contributed by atoms with Crippen LogP contribution >= 0.6 is 11.6 Å². The molecule has 3 rings (SSSR count). The van der Waals surface area contributed by atoms with Crippen molar-refractivity contribution in [1.29, 1.82) is 0 Å². The number of nitrogens with one attached hydrogen (secondary N) is 1. The van der Waals surface area contributed by atoms with Crippen molar-refractivity contribution < 1.29 is 17.6 Å². The number of nitrogens with zero attached hydrogens (tertiary/aromatic N) is 1. The highest BCUT2D eigenvalue weighted by Crippen LogP contribution is 2.25. The minimum atomic E-state index is -4.10. The van der Waals surface area contributed by atoms with Crippen LogP contribution in [0.4, 0.5) is 4.39 Å². The minimum absolute atomic E-state index is 0.00811. The van der Waals surface area contributed by atoms with Crippen molar-refractivity contribution in [2.75, 3.05) is 6.54 Å². The van der Waals surface area contributed by atoms with Crippen molar-refractivity contribution in [3.8, 4) is 0 Å². The molecule has 0 spiro atoms. The molecule has 8 heteroatoms. The van der Waals surface area contributed by atoms with Crippen LogP contribution in [-0.4, -0.2) is 25.2 Å². The summed E-state index contributed by atoms with van der Waals surface area (Å²) >= 11 is 6.13. The van der Waals surface area contributed by atoms with Crippen LogP contribution in [0.1, 0.15) is 29.7 Å². The fourth-order valence-electron chi connectivity index (χ4n) is 3.22. The van der Waals surface area contributed by atoms with Crippen molar-refractivity contribution in [3.05, 3.63) is 100 Å². The second-order valence-corrected chi connectivity index (χ2v) is 9.83. The van der Waals surface area contributed by atoms with Crippen LogP contribution < -0.4 is 5.32 Å². The molecule has 0 saturated carbocycles. The van der Waals surface area contributed by atoms with E-state index in [2.05, 4.69) is 5.32 Å². The number of aryl methyl sites for hydroxylation is 1. The second-order valence-electron chi connectivity index (χ2n) is 7.49. The van der Waals surface area contributed by atoms with Crippen molar-refractivity contribution in [3.63, 3.8) is 0 Å². The van der Waals surface area contributed by atoms with Crippen LogP contribution in [0.3, 0.4) is 0 Å². The van der Waals surface area contributed by atoms with Crippen LogP contribution in [-0.2, 0) is 21.4 Å². The van der Waals surface area contributed by atoms with Gasteiger partial charge < -0.3 is 5.32 Å². The molecule has 0 bridgehead atoms. The first-order valence-corrected chi connectivity index (χ1v) is 11.8. The molecule has 32 heavy (non-hydrogen) atoms. The topological polar surface area (TPSA) is 66.5 Å². The molecule has 0 aliphatic heterocycles. The van der Waals surface area contributed by atoms with Gasteiger partial charge in [0.05, 0.1) is 17.5 Å². The zero-order chi connectivity index (χ0) is 23.3. The number of amides is 1. The number of sulfonamides is 1. The lowest BCUT2D eigenvalue weighted by atomic mass is 10.1. The highest BCUT2D eigenvalue weighted by Gasteiger charge is 2.29. The normalized spacial score (nSPS) is 12.5. The Morgan fingerprint density at radius 1 is 1.03 bits per heavy atom. The molecule has 0 aromatic heterocycles. The Morgan fingerprint density at radius 2 is 1.69 bits per heavy atom. The lowest BCUT2D eigenvalue weighted by molar-refractivity contribution is -0.122. The van der Waals surface area contributed by atoms with Gasteiger partial charge in [0.2, 0.25) is 15.9 Å². The summed E-state index contributed by atoms with van der Waals surface area (Å²) in [6.45, 7) is 2.78. The third-order valence-electron chi connectivity index (χ3n) is 5.05. The van der Waals surface area contributed by atoms with E-state index in [-0.39, 0.29) is 28.1 Å². The van der Waals surface area contributed by atoms with Gasteiger partial charge in [0.25, 0.3) is 0 Å². The summed E-state index contributed by atoms with van der Waals surface area (Å²) in [5, 5.41) is 2.89. The van der Waals surface area contributed by atoms with Crippen LogP contribution in [0.5, 0.6) is 0 Å². The van der Waals surface area contributed by atoms with E-state index < -0.39 is 28.3 Å². The molecule has 0 heterocycles. The lowest BCUT2D eigenvalue weighted by Crippen LogP contribution is -2.41. The molecule has 3 aromatic rings. The number of hydrogen-bond acceptors (Lipinski definition) is 3. The average molecular weight is 475 g/mol. The monoisotopic (exact) mass is 474 g/mol. The molecule has 1 unspecified atom stereocenters. The van der Waals surface area contributed by atoms with Crippen LogP contribution in [0.25, 0.3) is 0 Å². The first kappa shape index (κ1) is 23.9. The zero-order valence-corrected chi connectivity index (χ0v) is 19.3. The van der Waals surface area contributed by atoms with Crippen LogP contribution in [0.15, 0.2) is 77.7 Å². The van der Waals surface area contributed by atoms with Crippen molar-refractivity contribution >= 4 is 27.5 Å². The standard InChI is InChI=1S/C24H24ClFN2O3S/c1-17-11-13-20(14-12-17)32(30,31)28(15-21-22(25)9-6-10-23(21)26)16-24(29)27-18(2)19-7-4-3-5-8-19/h3-14,18H,15-16H2,1-2H3,(H,27,29). The number of carbonyl (C=O) groups is 1. The Labute approximate surface area is 192 Å². The number of hydrogen-bond donors (Lipinski definition) is 1. The molecule has 0 radical (unpaired) electrons. The Kier molecular flexibility index (Phi) is 7.66. The van der Waals surface area contributed by atoms with E-state index in [0.29, 0.717) is 0 Å². The first-order chi connectivity index (χ1) is 15.2. The maximum atomic E-state index is 14.4. The highest BCUT2D eigenvalue weighted by molar-refractivity contribution is 7.89. The maximum absolute atomic E-state index is 14.4. The quantitative estimate of drug-likeness (QED) is 0.507. The molecule has 0 aliphatic carbocycles. The summed E-state index contributed by atoms with van der Waals surface area (Å²) in [5.41, 5.74) is 1.78. The third-order valence-corrected chi connectivity index (χ3v) is 7.21. The van der Waals surface area contributed by atoms with Crippen LogP contribution in [0.2, 0.25) is 5.02 Å². The largest absolute Gasteiger partial charge is 0.348 e. The fourth-order valence-corrected chi connectivity index (χ4v) is 4.80. The molecule has 0 saturated heterocycles. The number of benzene rings is 3. The molecular weight excluding hydrogens is 451 g/mol. The molecular formula is C24H24ClFN2O3S. The number of rotatable bonds is 8. The Hall–Kier alpha value is -2.74. The summed E-state index contributed by atoms with van der Waals surface area (Å²) in [6, 6.07) is 19.4. The molecule has 5 nitrogen and oxygen atoms in total. The van der Waals surface area contributed by atoms with Gasteiger partial charge >= 0.3 is 0 Å². The van der Waals surface area contributed by atoms with Crippen molar-refractivity contribution in [2.45, 2.75) is 31.3 Å². The van der Waals surface area contributed by atoms with E-state index in [1.165, 1.54) is 30.3 Å². The second kappa shape index (κ2) is 10.3. The lowest BCUT2D eigenvalue weighted by Gasteiger charge is -2.24. The predicted molar refractivity (Wildman–Crippen MR) is 123 cm³/mol. The van der Waals surface area contributed by atoms with Gasteiger partial charge in [-0.15, -0.1) is 0 Å². The Morgan fingerprint density at radius 3 is 2.31 bits per heavy atom. The van der Waals surface area contributed by atoms with Gasteiger partial charge in [0.1, 0.15) is 5.82 Å². The smallest absolute Gasteiger partial charge is 0.243 e. The minimum Gasteiger partial charge on any atom is -0.348 e. The summed E-state index contributed by atoms with van der Waals surface area (Å²) in [6.07, 6.45) is 0. The molecule has 3 aromatic carbocycles. The van der Waals surface area contributed by atoms with Gasteiger partial charge in [-0.2, -0.15) is 4.31 Å². The predicted octanol–water partition coefficient (Wildman–Crippen LogP) is 4.86. The van der Waals surface area contributed by atoms with Crippen LogP contribution in [0, 0.1) is 12.7 Å². The Bertz CT molecular complexity index is 1170. The molecule has 168 valence electrons. The van der Waals surface area contributed by atoms with E-state index in [0.717, 1.165) is 15.4 Å². The summed E-state index contributed by atoms with van der Waals surface area (Å²) in [5.74, 6) is -1.15. The average Bonchev–Trinajstić information content (AvgIpc) is 2.76. The summed E-state index contributed by atoms with van der Waals surface area (Å²) < 4.78 is 42.0. The zero-order valence-electron chi connectivity index (χ0n) is 17.8. The highest BCUT2D eigenvalue weighted by atomic mass is 35.5. The molecule has 1 atom stereocenters. The van der Waals surface area contributed by atoms with Gasteiger partial charge in [0.15, 0.2) is 0 Å². The van der Waals surface area contributed by atoms with Gasteiger partial charge in [-0.1, -0.05) is 65.7 Å². The fraction of sp³-hybridized carbons (Fsp3) is 0.208. The van der Waals surface area contributed by atoms with E-state index in [1.807, 2.05) is 37.3 Å². The molecule has 0 fully saturated rings. The number of carbonyl (C=O) groups excluding carboxylic acids is 1. The van der Waals surface area contributed by atoms with Gasteiger partial charge in [-0.05, 0) is 43.7 Å². The van der Waals surface area contributed by atoms with E-state index in [9.17, 15) is 17.6 Å². The SMILES string of the molecule is Cc1ccc(S(=O)(=O)N(CC(=O)NC(C)c2ccccc2)Cc2c(F)cccc2Cl)cc1. The van der Waals surface area contributed by atoms with Gasteiger partial charge in [0, 0.05) is 17.1 Å². The molecule has 1 amide bonds. The van der Waals surface area contributed by atoms with Crippen molar-refractivity contribution in [1.82, 2.24) is 9.62 Å². The van der Waals surface area contributed by atoms with E-state index >= 15 is 0 Å². The van der Waals surface area contributed by atoms with E-state index in [4.69, 9.17) is 11.6 Å². The van der Waals surface area contributed by atoms with Crippen molar-refractivity contribution in [2.24, 2.45) is 0 Å². The van der Waals surface area contributed by atoms with Gasteiger partial charge in [-0.25, -0.2) is 12.8 Å². The Balaban J connectivity index is 1.89. The molecule has 0 aliphatic rings. The number of halogens is 2. The summed E-state index contributed by atoms with van der Waals surface area (Å²) in [4.78, 5) is 12.8. The third kappa shape index (κ3) is 5.73. The maximum Gasteiger partial charge on any atom is 0.243 e. The first-order valence-electron chi connectivity index (χ1n) is 10.0. The van der Waals surface area contributed by atoms with Gasteiger partial charge in [-0.3, -0.25) is 4.79 Å². The van der Waals surface area contributed by atoms with E-state index in [1.54, 1.807) is 19.1 Å². The molecule has 1 N–H and O–H groups in total. The summed E-state index contributed by atoms with van der Waals surface area (Å²) in [7, 11) is -4.10.